The molecule has 0 aliphatic rings. The molecule has 0 aliphatic heterocycles. The fraction of sp³-hybridized carbons (Fsp3) is 0.133. The van der Waals surface area contributed by atoms with Crippen LogP contribution in [-0.4, -0.2) is 30.9 Å². The second kappa shape index (κ2) is 6.22. The minimum Gasteiger partial charge on any atom is -0.382 e. The standard InChI is InChI=1S/C15H15N7O/c1-10(20-15(23)13-14(16)18-7-6-17-13)11-2-4-12(5-3-11)22-9-8-19-21-22/h2-10H,1H3,(H2,16,18)(H,20,23)/t10-/m1/s1. The smallest absolute Gasteiger partial charge is 0.274 e. The molecule has 2 aromatic heterocycles. The van der Waals surface area contributed by atoms with Crippen LogP contribution in [0.2, 0.25) is 0 Å². The van der Waals surface area contributed by atoms with Gasteiger partial charge in [-0.3, -0.25) is 4.79 Å². The van der Waals surface area contributed by atoms with Crippen LogP contribution >= 0.6 is 0 Å². The minimum absolute atomic E-state index is 0.110. The number of benzene rings is 1. The zero-order valence-electron chi connectivity index (χ0n) is 12.4. The molecule has 0 bridgehead atoms. The molecule has 116 valence electrons. The van der Waals surface area contributed by atoms with Crippen LogP contribution in [-0.2, 0) is 0 Å². The Morgan fingerprint density at radius 3 is 2.57 bits per heavy atom. The molecule has 2 heterocycles. The molecule has 1 aromatic carbocycles. The number of nitrogen functional groups attached to an aromatic ring is 1. The maximum absolute atomic E-state index is 12.2. The largest absolute Gasteiger partial charge is 0.382 e. The number of hydrogen-bond acceptors (Lipinski definition) is 6. The van der Waals surface area contributed by atoms with Crippen molar-refractivity contribution in [2.45, 2.75) is 13.0 Å². The maximum atomic E-state index is 12.2. The van der Waals surface area contributed by atoms with Crippen molar-refractivity contribution in [2.75, 3.05) is 5.73 Å². The van der Waals surface area contributed by atoms with Crippen LogP contribution in [0.15, 0.2) is 49.1 Å². The van der Waals surface area contributed by atoms with Gasteiger partial charge in [-0.05, 0) is 24.6 Å². The summed E-state index contributed by atoms with van der Waals surface area (Å²) in [5.41, 5.74) is 7.62. The molecule has 0 spiro atoms. The number of nitrogens with zero attached hydrogens (tertiary/aromatic N) is 5. The van der Waals surface area contributed by atoms with Crippen molar-refractivity contribution in [2.24, 2.45) is 0 Å². The van der Waals surface area contributed by atoms with Crippen LogP contribution in [0.3, 0.4) is 0 Å². The predicted octanol–water partition coefficient (Wildman–Crippen LogP) is 1.13. The lowest BCUT2D eigenvalue weighted by Crippen LogP contribution is -2.28. The summed E-state index contributed by atoms with van der Waals surface area (Å²) < 4.78 is 1.66. The van der Waals surface area contributed by atoms with Gasteiger partial charge in [0.15, 0.2) is 11.5 Å². The van der Waals surface area contributed by atoms with Crippen molar-refractivity contribution >= 4 is 11.7 Å². The Hall–Kier alpha value is -3.29. The van der Waals surface area contributed by atoms with Gasteiger partial charge in [0.25, 0.3) is 5.91 Å². The number of anilines is 1. The Morgan fingerprint density at radius 2 is 1.91 bits per heavy atom. The summed E-state index contributed by atoms with van der Waals surface area (Å²) in [4.78, 5) is 20.0. The zero-order valence-corrected chi connectivity index (χ0v) is 12.4. The third-order valence-corrected chi connectivity index (χ3v) is 3.37. The van der Waals surface area contributed by atoms with Crippen LogP contribution in [0, 0.1) is 0 Å². The average Bonchev–Trinajstić information content (AvgIpc) is 3.09. The van der Waals surface area contributed by atoms with Crippen molar-refractivity contribution in [1.29, 1.82) is 0 Å². The van der Waals surface area contributed by atoms with Crippen molar-refractivity contribution in [3.63, 3.8) is 0 Å². The molecule has 1 atom stereocenters. The van der Waals surface area contributed by atoms with Gasteiger partial charge in [-0.1, -0.05) is 17.3 Å². The highest BCUT2D eigenvalue weighted by molar-refractivity contribution is 5.96. The molecule has 3 N–H and O–H groups in total. The number of nitrogens with one attached hydrogen (secondary N) is 1. The number of nitrogens with two attached hydrogens (primary N) is 1. The molecule has 1 amide bonds. The number of carbonyl (C=O) groups excluding carboxylic acids is 1. The van der Waals surface area contributed by atoms with Gasteiger partial charge in [0.1, 0.15) is 0 Å². The predicted molar refractivity (Wildman–Crippen MR) is 83.7 cm³/mol. The van der Waals surface area contributed by atoms with E-state index in [0.29, 0.717) is 0 Å². The van der Waals surface area contributed by atoms with Gasteiger partial charge < -0.3 is 11.1 Å². The quantitative estimate of drug-likeness (QED) is 0.747. The fourth-order valence-electron chi connectivity index (χ4n) is 2.13. The molecule has 0 aliphatic carbocycles. The number of rotatable bonds is 4. The third-order valence-electron chi connectivity index (χ3n) is 3.37. The lowest BCUT2D eigenvalue weighted by atomic mass is 10.1. The van der Waals surface area contributed by atoms with Gasteiger partial charge in [-0.15, -0.1) is 5.10 Å². The third kappa shape index (κ3) is 3.15. The first-order valence-electron chi connectivity index (χ1n) is 6.99. The van der Waals surface area contributed by atoms with Gasteiger partial charge in [0.05, 0.1) is 24.1 Å². The van der Waals surface area contributed by atoms with E-state index in [9.17, 15) is 4.79 Å². The topological polar surface area (TPSA) is 112 Å². The monoisotopic (exact) mass is 309 g/mol. The molecule has 0 fully saturated rings. The van der Waals surface area contributed by atoms with Crippen molar-refractivity contribution in [1.82, 2.24) is 30.3 Å². The van der Waals surface area contributed by atoms with Crippen LogP contribution in [0.25, 0.3) is 5.69 Å². The molecule has 3 rings (SSSR count). The molecule has 8 heteroatoms. The van der Waals surface area contributed by atoms with Crippen LogP contribution in [0.4, 0.5) is 5.82 Å². The van der Waals surface area contributed by atoms with Gasteiger partial charge in [-0.25, -0.2) is 14.6 Å². The van der Waals surface area contributed by atoms with E-state index in [1.807, 2.05) is 31.2 Å². The molecular formula is C15H15N7O. The molecule has 8 nitrogen and oxygen atoms in total. The summed E-state index contributed by atoms with van der Waals surface area (Å²) >= 11 is 0. The molecule has 23 heavy (non-hydrogen) atoms. The normalized spacial score (nSPS) is 11.9. The molecule has 0 saturated carbocycles. The number of carbonyl (C=O) groups is 1. The van der Waals surface area contributed by atoms with Crippen LogP contribution in [0.5, 0.6) is 0 Å². The van der Waals surface area contributed by atoms with E-state index in [1.54, 1.807) is 17.1 Å². The first kappa shape index (κ1) is 14.6. The Labute approximate surface area is 132 Å². The molecule has 0 unspecified atom stereocenters. The van der Waals surface area contributed by atoms with E-state index in [0.717, 1.165) is 11.3 Å². The summed E-state index contributed by atoms with van der Waals surface area (Å²) in [6.07, 6.45) is 6.25. The highest BCUT2D eigenvalue weighted by Gasteiger charge is 2.15. The number of aromatic nitrogens is 5. The second-order valence-corrected chi connectivity index (χ2v) is 4.92. The van der Waals surface area contributed by atoms with E-state index in [-0.39, 0.29) is 23.5 Å². The number of amides is 1. The van der Waals surface area contributed by atoms with Crippen molar-refractivity contribution in [3.8, 4) is 5.69 Å². The second-order valence-electron chi connectivity index (χ2n) is 4.92. The molecular weight excluding hydrogens is 294 g/mol. The van der Waals surface area contributed by atoms with E-state index < -0.39 is 0 Å². The maximum Gasteiger partial charge on any atom is 0.274 e. The summed E-state index contributed by atoms with van der Waals surface area (Å²) in [5.74, 6) is -0.248. The van der Waals surface area contributed by atoms with Crippen molar-refractivity contribution in [3.05, 3.63) is 60.3 Å². The van der Waals surface area contributed by atoms with E-state index in [1.165, 1.54) is 12.4 Å². The Balaban J connectivity index is 1.72. The summed E-state index contributed by atoms with van der Waals surface area (Å²) in [6.45, 7) is 1.88. The SMILES string of the molecule is C[C@@H](NC(=O)c1nccnc1N)c1ccc(-n2ccnn2)cc1. The van der Waals surface area contributed by atoms with Gasteiger partial charge in [0, 0.05) is 12.4 Å². The first-order valence-corrected chi connectivity index (χ1v) is 6.99. The first-order chi connectivity index (χ1) is 11.1. The Morgan fingerprint density at radius 1 is 1.17 bits per heavy atom. The van der Waals surface area contributed by atoms with Gasteiger partial charge in [-0.2, -0.15) is 0 Å². The van der Waals surface area contributed by atoms with Gasteiger partial charge in [0.2, 0.25) is 0 Å². The average molecular weight is 309 g/mol. The molecule has 0 radical (unpaired) electrons. The zero-order chi connectivity index (χ0) is 16.2. The Bertz CT molecular complexity index is 799. The molecule has 3 aromatic rings. The fourth-order valence-corrected chi connectivity index (χ4v) is 2.13. The minimum atomic E-state index is -0.358. The van der Waals surface area contributed by atoms with E-state index in [4.69, 9.17) is 5.73 Å². The number of hydrogen-bond donors (Lipinski definition) is 2. The summed E-state index contributed by atoms with van der Waals surface area (Å²) in [6, 6.07) is 7.45. The lowest BCUT2D eigenvalue weighted by molar-refractivity contribution is 0.0935. The Kier molecular flexibility index (Phi) is 3.96. The molecule has 0 saturated heterocycles. The van der Waals surface area contributed by atoms with E-state index >= 15 is 0 Å². The summed E-state index contributed by atoms with van der Waals surface area (Å²) in [5, 5.41) is 10.5. The van der Waals surface area contributed by atoms with Gasteiger partial charge >= 0.3 is 0 Å². The highest BCUT2D eigenvalue weighted by atomic mass is 16.2. The van der Waals surface area contributed by atoms with Crippen LogP contribution in [0.1, 0.15) is 29.0 Å². The van der Waals surface area contributed by atoms with Crippen molar-refractivity contribution < 1.29 is 4.79 Å². The lowest BCUT2D eigenvalue weighted by Gasteiger charge is -2.15. The van der Waals surface area contributed by atoms with Crippen LogP contribution < -0.4 is 11.1 Å². The van der Waals surface area contributed by atoms with E-state index in [2.05, 4.69) is 25.6 Å². The highest BCUT2D eigenvalue weighted by Crippen LogP contribution is 2.16. The summed E-state index contributed by atoms with van der Waals surface area (Å²) in [7, 11) is 0.